The number of pyridine rings is 1. The number of hydrogen-bond donors (Lipinski definition) is 1. The summed E-state index contributed by atoms with van der Waals surface area (Å²) in [5, 5.41) is 10.4. The predicted octanol–water partition coefficient (Wildman–Crippen LogP) is 3.72. The number of thiophene rings is 1. The molecule has 0 atom stereocenters. The van der Waals surface area contributed by atoms with E-state index in [0.29, 0.717) is 6.26 Å². The maximum atomic E-state index is 12.8. The number of aliphatic hydroxyl groups excluding tert-OH is 1. The van der Waals surface area contributed by atoms with Gasteiger partial charge in [0.05, 0.1) is 0 Å². The van der Waals surface area contributed by atoms with Crippen LogP contribution in [0.5, 0.6) is 0 Å². The van der Waals surface area contributed by atoms with Gasteiger partial charge < -0.3 is 5.11 Å². The van der Waals surface area contributed by atoms with Crippen molar-refractivity contribution in [2.75, 3.05) is 0 Å². The Morgan fingerprint density at radius 2 is 2.38 bits per heavy atom. The average molecular weight is 235 g/mol. The molecule has 0 spiro atoms. The van der Waals surface area contributed by atoms with Crippen LogP contribution in [-0.4, -0.2) is 10.1 Å². The molecular weight excluding hydrogens is 225 g/mol. The summed E-state index contributed by atoms with van der Waals surface area (Å²) in [6, 6.07) is 5.72. The summed E-state index contributed by atoms with van der Waals surface area (Å²) in [6.07, 6.45) is 4.12. The highest BCUT2D eigenvalue weighted by Gasteiger charge is 2.04. The van der Waals surface area contributed by atoms with Gasteiger partial charge in [0, 0.05) is 29.3 Å². The van der Waals surface area contributed by atoms with Crippen LogP contribution in [0.1, 0.15) is 4.88 Å². The zero-order chi connectivity index (χ0) is 11.4. The normalized spacial score (nSPS) is 11.7. The number of aliphatic hydroxyl groups is 1. The van der Waals surface area contributed by atoms with Crippen molar-refractivity contribution in [2.24, 2.45) is 0 Å². The molecule has 0 radical (unpaired) electrons. The van der Waals surface area contributed by atoms with Crippen molar-refractivity contribution in [3.05, 3.63) is 52.9 Å². The van der Waals surface area contributed by atoms with Crippen LogP contribution < -0.4 is 0 Å². The van der Waals surface area contributed by atoms with Crippen molar-refractivity contribution in [1.29, 1.82) is 0 Å². The Morgan fingerprint density at radius 1 is 1.50 bits per heavy atom. The molecule has 1 N–H and O–H groups in total. The first-order chi connectivity index (χ1) is 7.79. The standard InChI is InChI=1S/C12H10FNOS/c13-11(7-15)5-12-4-10(8-16-12)9-2-1-3-14-6-9/h1-4,6-8,15H,5H2/b11-7-. The van der Waals surface area contributed by atoms with Crippen molar-refractivity contribution >= 4 is 11.3 Å². The Kier molecular flexibility index (Phi) is 3.31. The minimum absolute atomic E-state index is 0.140. The highest BCUT2D eigenvalue weighted by atomic mass is 32.1. The number of hydrogen-bond acceptors (Lipinski definition) is 3. The SMILES string of the molecule is O/C=C(\F)Cc1cc(-c2cccnc2)cs1. The Balaban J connectivity index is 2.20. The third-order valence-corrected chi connectivity index (χ3v) is 3.07. The predicted molar refractivity (Wildman–Crippen MR) is 63.1 cm³/mol. The fraction of sp³-hybridized carbons (Fsp3) is 0.0833. The fourth-order valence-corrected chi connectivity index (χ4v) is 2.27. The van der Waals surface area contributed by atoms with Crippen LogP contribution in [0.25, 0.3) is 11.1 Å². The molecule has 2 nitrogen and oxygen atoms in total. The lowest BCUT2D eigenvalue weighted by Crippen LogP contribution is -1.80. The van der Waals surface area contributed by atoms with Gasteiger partial charge in [0.25, 0.3) is 0 Å². The van der Waals surface area contributed by atoms with E-state index in [1.807, 2.05) is 23.6 Å². The Hall–Kier alpha value is -1.68. The summed E-state index contributed by atoms with van der Waals surface area (Å²) in [5.41, 5.74) is 2.04. The molecule has 0 aliphatic heterocycles. The molecule has 82 valence electrons. The van der Waals surface area contributed by atoms with Crippen molar-refractivity contribution in [3.63, 3.8) is 0 Å². The van der Waals surface area contributed by atoms with E-state index in [1.165, 1.54) is 11.3 Å². The van der Waals surface area contributed by atoms with Crippen molar-refractivity contribution in [1.82, 2.24) is 4.98 Å². The van der Waals surface area contributed by atoms with Gasteiger partial charge in [-0.3, -0.25) is 4.98 Å². The van der Waals surface area contributed by atoms with Gasteiger partial charge in [-0.05, 0) is 23.1 Å². The maximum absolute atomic E-state index is 12.8. The van der Waals surface area contributed by atoms with Crippen LogP contribution in [0.4, 0.5) is 4.39 Å². The van der Waals surface area contributed by atoms with E-state index in [4.69, 9.17) is 5.11 Å². The molecule has 2 heterocycles. The number of rotatable bonds is 3. The molecule has 16 heavy (non-hydrogen) atoms. The van der Waals surface area contributed by atoms with Crippen molar-refractivity contribution in [2.45, 2.75) is 6.42 Å². The second-order valence-corrected chi connectivity index (χ2v) is 4.29. The lowest BCUT2D eigenvalue weighted by molar-refractivity contribution is 0.436. The summed E-state index contributed by atoms with van der Waals surface area (Å²) < 4.78 is 12.8. The van der Waals surface area contributed by atoms with Crippen LogP contribution in [-0.2, 0) is 6.42 Å². The molecular formula is C12H10FNOS. The first-order valence-corrected chi connectivity index (χ1v) is 5.64. The zero-order valence-corrected chi connectivity index (χ0v) is 9.25. The quantitative estimate of drug-likeness (QED) is 0.822. The van der Waals surface area contributed by atoms with Gasteiger partial charge in [0.1, 0.15) is 12.1 Å². The van der Waals surface area contributed by atoms with Gasteiger partial charge >= 0.3 is 0 Å². The van der Waals surface area contributed by atoms with Gasteiger partial charge in [0.2, 0.25) is 0 Å². The summed E-state index contributed by atoms with van der Waals surface area (Å²) in [7, 11) is 0. The van der Waals surface area contributed by atoms with Crippen LogP contribution >= 0.6 is 11.3 Å². The topological polar surface area (TPSA) is 33.1 Å². The van der Waals surface area contributed by atoms with Crippen LogP contribution in [0, 0.1) is 0 Å². The van der Waals surface area contributed by atoms with E-state index >= 15 is 0 Å². The molecule has 0 saturated carbocycles. The highest BCUT2D eigenvalue weighted by molar-refractivity contribution is 7.10. The van der Waals surface area contributed by atoms with E-state index < -0.39 is 5.83 Å². The smallest absolute Gasteiger partial charge is 0.139 e. The highest BCUT2D eigenvalue weighted by Crippen LogP contribution is 2.26. The Bertz CT molecular complexity index is 493. The monoisotopic (exact) mass is 235 g/mol. The molecule has 2 aromatic rings. The molecule has 0 bridgehead atoms. The largest absolute Gasteiger partial charge is 0.513 e. The molecule has 0 aliphatic carbocycles. The van der Waals surface area contributed by atoms with Crippen LogP contribution in [0.3, 0.4) is 0 Å². The zero-order valence-electron chi connectivity index (χ0n) is 8.43. The lowest BCUT2D eigenvalue weighted by atomic mass is 10.1. The average Bonchev–Trinajstić information content (AvgIpc) is 2.78. The first kappa shape index (κ1) is 10.8. The van der Waals surface area contributed by atoms with Gasteiger partial charge in [-0.2, -0.15) is 0 Å². The minimum atomic E-state index is -0.528. The molecule has 0 fully saturated rings. The van der Waals surface area contributed by atoms with E-state index in [9.17, 15) is 4.39 Å². The second kappa shape index (κ2) is 4.90. The molecule has 2 rings (SSSR count). The molecule has 4 heteroatoms. The van der Waals surface area contributed by atoms with Crippen LogP contribution in [0.2, 0.25) is 0 Å². The van der Waals surface area contributed by atoms with Gasteiger partial charge in [-0.15, -0.1) is 11.3 Å². The van der Waals surface area contributed by atoms with E-state index in [-0.39, 0.29) is 6.42 Å². The molecule has 0 unspecified atom stereocenters. The molecule has 0 aliphatic rings. The molecule has 0 aromatic carbocycles. The number of aromatic nitrogens is 1. The Morgan fingerprint density at radius 3 is 3.06 bits per heavy atom. The third-order valence-electron chi connectivity index (χ3n) is 2.13. The van der Waals surface area contributed by atoms with Crippen molar-refractivity contribution in [3.8, 4) is 11.1 Å². The van der Waals surface area contributed by atoms with Crippen LogP contribution in [0.15, 0.2) is 48.1 Å². The lowest BCUT2D eigenvalue weighted by Gasteiger charge is -1.94. The van der Waals surface area contributed by atoms with Crippen molar-refractivity contribution < 1.29 is 9.50 Å². The molecule has 2 aromatic heterocycles. The van der Waals surface area contributed by atoms with E-state index in [0.717, 1.165) is 16.0 Å². The van der Waals surface area contributed by atoms with Gasteiger partial charge in [-0.1, -0.05) is 6.07 Å². The summed E-state index contributed by atoms with van der Waals surface area (Å²) in [6.45, 7) is 0. The molecule has 0 saturated heterocycles. The Labute approximate surface area is 96.7 Å². The summed E-state index contributed by atoms with van der Waals surface area (Å²) >= 11 is 1.47. The van der Waals surface area contributed by atoms with E-state index in [1.54, 1.807) is 12.4 Å². The third kappa shape index (κ3) is 2.46. The number of nitrogens with zero attached hydrogens (tertiary/aromatic N) is 1. The van der Waals surface area contributed by atoms with Gasteiger partial charge in [-0.25, -0.2) is 4.39 Å². The fourth-order valence-electron chi connectivity index (χ4n) is 1.37. The number of allylic oxidation sites excluding steroid dienone is 1. The maximum Gasteiger partial charge on any atom is 0.139 e. The van der Waals surface area contributed by atoms with Gasteiger partial charge in [0.15, 0.2) is 0 Å². The first-order valence-electron chi connectivity index (χ1n) is 4.76. The summed E-state index contributed by atoms with van der Waals surface area (Å²) in [5.74, 6) is -0.528. The van der Waals surface area contributed by atoms with E-state index in [2.05, 4.69) is 4.98 Å². The molecule has 0 amide bonds. The summed E-state index contributed by atoms with van der Waals surface area (Å²) in [4.78, 5) is 4.90. The number of halogens is 1. The minimum Gasteiger partial charge on any atom is -0.513 e. The second-order valence-electron chi connectivity index (χ2n) is 3.30.